The summed E-state index contributed by atoms with van der Waals surface area (Å²) in [4.78, 5) is 32.4. The average molecular weight is 450 g/mol. The maximum absolute atomic E-state index is 13.2. The highest BCUT2D eigenvalue weighted by atomic mass is 32.1. The van der Waals surface area contributed by atoms with Gasteiger partial charge in [0.1, 0.15) is 14.7 Å². The van der Waals surface area contributed by atoms with E-state index in [0.717, 1.165) is 44.8 Å². The van der Waals surface area contributed by atoms with Gasteiger partial charge in [0.15, 0.2) is 0 Å². The molecular formula is C23H19N3O3S2. The molecular weight excluding hydrogens is 430 g/mol. The summed E-state index contributed by atoms with van der Waals surface area (Å²) in [6.07, 6.45) is 1.56. The predicted molar refractivity (Wildman–Crippen MR) is 125 cm³/mol. The number of esters is 1. The van der Waals surface area contributed by atoms with E-state index in [1.807, 2.05) is 31.2 Å². The Labute approximate surface area is 186 Å². The molecule has 1 aliphatic carbocycles. The van der Waals surface area contributed by atoms with Gasteiger partial charge in [-0.15, -0.1) is 22.7 Å². The van der Waals surface area contributed by atoms with Crippen molar-refractivity contribution in [3.8, 4) is 10.4 Å². The molecule has 8 heteroatoms. The number of amides is 1. The van der Waals surface area contributed by atoms with Crippen LogP contribution in [0, 0.1) is 6.92 Å². The second kappa shape index (κ2) is 7.47. The molecule has 0 radical (unpaired) electrons. The number of hydrogen-bond donors (Lipinski definition) is 2. The van der Waals surface area contributed by atoms with Gasteiger partial charge < -0.3 is 15.8 Å². The monoisotopic (exact) mass is 449 g/mol. The van der Waals surface area contributed by atoms with Crippen LogP contribution in [0.4, 0.5) is 10.7 Å². The van der Waals surface area contributed by atoms with Crippen molar-refractivity contribution >= 4 is 55.5 Å². The Kier molecular flexibility index (Phi) is 4.75. The lowest BCUT2D eigenvalue weighted by Gasteiger charge is -2.16. The van der Waals surface area contributed by atoms with Gasteiger partial charge in [0.2, 0.25) is 0 Å². The molecule has 0 bridgehead atoms. The number of fused-ring (bicyclic) bond motifs is 4. The Morgan fingerprint density at radius 3 is 2.74 bits per heavy atom. The van der Waals surface area contributed by atoms with Gasteiger partial charge in [0, 0.05) is 16.0 Å². The minimum atomic E-state index is -0.450. The van der Waals surface area contributed by atoms with Gasteiger partial charge in [-0.2, -0.15) is 0 Å². The highest BCUT2D eigenvalue weighted by Crippen LogP contribution is 2.45. The number of carbonyl (C=O) groups is 2. The summed E-state index contributed by atoms with van der Waals surface area (Å²) in [5.74, 6) is -0.802. The van der Waals surface area contributed by atoms with Crippen molar-refractivity contribution in [1.29, 1.82) is 0 Å². The molecule has 1 aliphatic rings. The number of anilines is 2. The number of nitrogen functional groups attached to an aromatic ring is 1. The molecule has 4 aromatic rings. The fourth-order valence-electron chi connectivity index (χ4n) is 3.96. The van der Waals surface area contributed by atoms with Crippen LogP contribution in [0.1, 0.15) is 36.9 Å². The molecule has 0 saturated heterocycles. The molecule has 1 amide bonds. The lowest BCUT2D eigenvalue weighted by Crippen LogP contribution is -2.15. The lowest BCUT2D eigenvalue weighted by molar-refractivity contribution is 0.0601. The average Bonchev–Trinajstić information content (AvgIpc) is 3.30. The zero-order valence-electron chi connectivity index (χ0n) is 16.9. The number of rotatable bonds is 3. The quantitative estimate of drug-likeness (QED) is 0.427. The van der Waals surface area contributed by atoms with Gasteiger partial charge >= 0.3 is 5.97 Å². The van der Waals surface area contributed by atoms with E-state index >= 15 is 0 Å². The van der Waals surface area contributed by atoms with Crippen LogP contribution in [0.2, 0.25) is 0 Å². The molecule has 0 saturated carbocycles. The zero-order valence-corrected chi connectivity index (χ0v) is 18.6. The van der Waals surface area contributed by atoms with Crippen LogP contribution in [0.3, 0.4) is 0 Å². The van der Waals surface area contributed by atoms with E-state index in [9.17, 15) is 9.59 Å². The molecule has 0 fully saturated rings. The number of hydrogen-bond acceptors (Lipinski definition) is 7. The van der Waals surface area contributed by atoms with Gasteiger partial charge in [-0.25, -0.2) is 9.78 Å². The fraction of sp³-hybridized carbons (Fsp3) is 0.174. The number of aryl methyl sites for hydroxylation is 2. The molecule has 156 valence electrons. The van der Waals surface area contributed by atoms with Crippen molar-refractivity contribution in [3.63, 3.8) is 0 Å². The summed E-state index contributed by atoms with van der Waals surface area (Å²) in [5, 5.41) is 4.17. The molecule has 1 aromatic carbocycles. The van der Waals surface area contributed by atoms with Crippen molar-refractivity contribution in [1.82, 2.24) is 4.98 Å². The Hall–Kier alpha value is -3.23. The molecule has 0 unspecified atom stereocenters. The topological polar surface area (TPSA) is 94.3 Å². The number of methoxy groups -OCH3 is 1. The first-order chi connectivity index (χ1) is 15.0. The Morgan fingerprint density at radius 2 is 1.94 bits per heavy atom. The van der Waals surface area contributed by atoms with Crippen LogP contribution < -0.4 is 11.1 Å². The van der Waals surface area contributed by atoms with Crippen molar-refractivity contribution < 1.29 is 14.3 Å². The highest BCUT2D eigenvalue weighted by molar-refractivity contribution is 7.22. The van der Waals surface area contributed by atoms with Gasteiger partial charge in [-0.3, -0.25) is 4.79 Å². The molecule has 3 aromatic heterocycles. The van der Waals surface area contributed by atoms with Crippen LogP contribution in [0.25, 0.3) is 20.7 Å². The molecule has 31 heavy (non-hydrogen) atoms. The van der Waals surface area contributed by atoms with E-state index in [1.165, 1.54) is 35.3 Å². The summed E-state index contributed by atoms with van der Waals surface area (Å²) in [7, 11) is 1.35. The van der Waals surface area contributed by atoms with Crippen molar-refractivity contribution in [2.45, 2.75) is 19.8 Å². The number of benzene rings is 1. The van der Waals surface area contributed by atoms with Gasteiger partial charge in [0.05, 0.1) is 18.4 Å². The molecule has 5 rings (SSSR count). The van der Waals surface area contributed by atoms with Crippen LogP contribution in [0.15, 0.2) is 36.4 Å². The van der Waals surface area contributed by atoms with E-state index in [0.29, 0.717) is 21.1 Å². The van der Waals surface area contributed by atoms with Crippen LogP contribution >= 0.6 is 22.7 Å². The number of nitrogens with two attached hydrogens (primary N) is 1. The minimum Gasteiger partial charge on any atom is -0.465 e. The molecule has 0 atom stereocenters. The first-order valence-electron chi connectivity index (χ1n) is 9.77. The molecule has 0 spiro atoms. The van der Waals surface area contributed by atoms with Crippen molar-refractivity contribution in [3.05, 3.63) is 63.7 Å². The minimum absolute atomic E-state index is 0.352. The van der Waals surface area contributed by atoms with Gasteiger partial charge in [-0.05, 0) is 48.6 Å². The molecule has 3 N–H and O–H groups in total. The van der Waals surface area contributed by atoms with E-state index < -0.39 is 5.97 Å². The standard InChI is InChI=1S/C23H19N3O3S2/c1-11-7-9-15-17(24)19(31-21(15)25-11)20(27)26-22-16(23(28)29-2)14-10-8-12-5-3-4-6-13(12)18(14)30-22/h3-7,9H,8,10,24H2,1-2H3,(H,26,27). The van der Waals surface area contributed by atoms with E-state index in [1.54, 1.807) is 0 Å². The molecule has 6 nitrogen and oxygen atoms in total. The first kappa shape index (κ1) is 19.7. The Balaban J connectivity index is 1.58. The summed E-state index contributed by atoms with van der Waals surface area (Å²) in [6.45, 7) is 1.89. The number of carbonyl (C=O) groups excluding carboxylic acids is 2. The summed E-state index contributed by atoms with van der Waals surface area (Å²) >= 11 is 2.65. The van der Waals surface area contributed by atoms with Crippen LogP contribution in [-0.2, 0) is 17.6 Å². The highest BCUT2D eigenvalue weighted by Gasteiger charge is 2.30. The summed E-state index contributed by atoms with van der Waals surface area (Å²) in [6, 6.07) is 11.9. The van der Waals surface area contributed by atoms with Crippen molar-refractivity contribution in [2.75, 3.05) is 18.2 Å². The van der Waals surface area contributed by atoms with E-state index in [-0.39, 0.29) is 5.91 Å². The summed E-state index contributed by atoms with van der Waals surface area (Å²) in [5.41, 5.74) is 11.2. The van der Waals surface area contributed by atoms with E-state index in [4.69, 9.17) is 10.5 Å². The van der Waals surface area contributed by atoms with E-state index in [2.05, 4.69) is 22.4 Å². The Morgan fingerprint density at radius 1 is 1.13 bits per heavy atom. The SMILES string of the molecule is COC(=O)c1c(NC(=O)c2sc3nc(C)ccc3c2N)sc2c1CCc1ccccc1-2. The Bertz CT molecular complexity index is 1370. The number of nitrogens with zero attached hydrogens (tertiary/aromatic N) is 1. The second-order valence-corrected chi connectivity index (χ2v) is 9.39. The van der Waals surface area contributed by atoms with Crippen molar-refractivity contribution in [2.24, 2.45) is 0 Å². The third kappa shape index (κ3) is 3.19. The maximum atomic E-state index is 13.2. The molecule has 0 aliphatic heterocycles. The third-order valence-electron chi connectivity index (χ3n) is 5.47. The summed E-state index contributed by atoms with van der Waals surface area (Å²) < 4.78 is 5.05. The number of aromatic nitrogens is 1. The third-order valence-corrected chi connectivity index (χ3v) is 7.76. The maximum Gasteiger partial charge on any atom is 0.341 e. The number of ether oxygens (including phenoxy) is 1. The largest absolute Gasteiger partial charge is 0.465 e. The molecule has 3 heterocycles. The van der Waals surface area contributed by atoms with Gasteiger partial charge in [-0.1, -0.05) is 24.3 Å². The van der Waals surface area contributed by atoms with Crippen LogP contribution in [0.5, 0.6) is 0 Å². The predicted octanol–water partition coefficient (Wildman–Crippen LogP) is 5.05. The number of nitrogens with one attached hydrogen (secondary N) is 1. The lowest BCUT2D eigenvalue weighted by atomic mass is 9.89. The number of pyridine rings is 1. The second-order valence-electron chi connectivity index (χ2n) is 7.37. The van der Waals surface area contributed by atoms with Crippen LogP contribution in [-0.4, -0.2) is 24.0 Å². The normalized spacial score (nSPS) is 12.3. The smallest absolute Gasteiger partial charge is 0.341 e. The zero-order chi connectivity index (χ0) is 21.7. The first-order valence-corrected chi connectivity index (χ1v) is 11.4. The van der Waals surface area contributed by atoms with Gasteiger partial charge in [0.25, 0.3) is 5.91 Å². The number of thiophene rings is 2. The fourth-order valence-corrected chi connectivity index (χ4v) is 6.29.